The van der Waals surface area contributed by atoms with E-state index in [-0.39, 0.29) is 18.3 Å². The molecule has 3 fully saturated rings. The minimum absolute atomic E-state index is 0.0952. The molecule has 0 bridgehead atoms. The third-order valence-corrected chi connectivity index (χ3v) is 8.07. The average molecular weight is 366 g/mol. The van der Waals surface area contributed by atoms with Crippen LogP contribution in [0.25, 0.3) is 0 Å². The molecule has 4 rings (SSSR count). The zero-order valence-corrected chi connectivity index (χ0v) is 15.6. The normalized spacial score (nSPS) is 51.9. The van der Waals surface area contributed by atoms with Crippen molar-refractivity contribution in [1.29, 1.82) is 0 Å². The summed E-state index contributed by atoms with van der Waals surface area (Å²) in [6.45, 7) is 6.50. The number of fused-ring (bicyclic) bond motifs is 2. The van der Waals surface area contributed by atoms with E-state index in [1.165, 1.54) is 6.26 Å². The molecule has 0 amide bonds. The Bertz CT molecular complexity index is 655. The van der Waals surface area contributed by atoms with Crippen LogP contribution in [-0.2, 0) is 4.74 Å². The lowest BCUT2D eigenvalue weighted by molar-refractivity contribution is -0.249. The molecule has 1 saturated heterocycles. The predicted molar refractivity (Wildman–Crippen MR) is 93.1 cm³/mol. The molecule has 9 atom stereocenters. The van der Waals surface area contributed by atoms with Crippen LogP contribution >= 0.6 is 0 Å². The molecule has 146 valence electrons. The maximum Gasteiger partial charge on any atom is 0.126 e. The van der Waals surface area contributed by atoms with E-state index in [9.17, 15) is 20.4 Å². The maximum atomic E-state index is 11.0. The fourth-order valence-electron chi connectivity index (χ4n) is 6.25. The van der Waals surface area contributed by atoms with Crippen molar-refractivity contribution < 1.29 is 29.6 Å². The molecule has 2 aliphatic carbocycles. The Kier molecular flexibility index (Phi) is 4.11. The van der Waals surface area contributed by atoms with Crippen LogP contribution in [0.4, 0.5) is 0 Å². The summed E-state index contributed by atoms with van der Waals surface area (Å²) >= 11 is 0. The number of aliphatic hydroxyl groups excluding tert-OH is 4. The Balaban J connectivity index is 1.74. The molecular weight excluding hydrogens is 336 g/mol. The Hall–Kier alpha value is -0.920. The fourth-order valence-corrected chi connectivity index (χ4v) is 6.25. The quantitative estimate of drug-likeness (QED) is 0.606. The largest absolute Gasteiger partial charge is 0.472 e. The number of epoxide rings is 1. The van der Waals surface area contributed by atoms with E-state index in [0.717, 1.165) is 0 Å². The van der Waals surface area contributed by atoms with Gasteiger partial charge in [-0.3, -0.25) is 0 Å². The van der Waals surface area contributed by atoms with Crippen LogP contribution in [0.1, 0.15) is 51.7 Å². The monoisotopic (exact) mass is 366 g/mol. The second-order valence-corrected chi connectivity index (χ2v) is 9.19. The van der Waals surface area contributed by atoms with E-state index in [1.807, 2.05) is 6.92 Å². The molecule has 1 aromatic heterocycles. The van der Waals surface area contributed by atoms with E-state index in [4.69, 9.17) is 9.15 Å². The summed E-state index contributed by atoms with van der Waals surface area (Å²) in [4.78, 5) is 0. The summed E-state index contributed by atoms with van der Waals surface area (Å²) in [6.07, 6.45) is 1.38. The molecule has 26 heavy (non-hydrogen) atoms. The van der Waals surface area contributed by atoms with Gasteiger partial charge in [0, 0.05) is 23.3 Å². The fraction of sp³-hybridized carbons (Fsp3) is 0.800. The van der Waals surface area contributed by atoms with Gasteiger partial charge in [-0.2, -0.15) is 0 Å². The smallest absolute Gasteiger partial charge is 0.126 e. The number of rotatable bonds is 3. The van der Waals surface area contributed by atoms with Crippen molar-refractivity contribution >= 4 is 0 Å². The summed E-state index contributed by atoms with van der Waals surface area (Å²) in [5.41, 5.74) is -1.27. The van der Waals surface area contributed by atoms with Crippen molar-refractivity contribution in [3.05, 3.63) is 24.2 Å². The van der Waals surface area contributed by atoms with Crippen LogP contribution < -0.4 is 0 Å². The molecule has 3 aliphatic rings. The van der Waals surface area contributed by atoms with Crippen molar-refractivity contribution in [2.45, 2.75) is 70.1 Å². The number of ether oxygens (including phenoxy) is 1. The second kappa shape index (κ2) is 5.79. The first-order chi connectivity index (χ1) is 12.2. The van der Waals surface area contributed by atoms with Crippen LogP contribution in [-0.4, -0.2) is 50.9 Å². The molecule has 6 heteroatoms. The van der Waals surface area contributed by atoms with Crippen molar-refractivity contribution in [2.75, 3.05) is 6.61 Å². The molecule has 2 heterocycles. The molecule has 1 spiro atoms. The summed E-state index contributed by atoms with van der Waals surface area (Å²) in [5.74, 6) is -0.195. The lowest BCUT2D eigenvalue weighted by Crippen LogP contribution is -2.70. The van der Waals surface area contributed by atoms with Gasteiger partial charge in [-0.15, -0.1) is 0 Å². The van der Waals surface area contributed by atoms with E-state index in [2.05, 4.69) is 13.8 Å². The Morgan fingerprint density at radius 2 is 1.88 bits per heavy atom. The maximum absolute atomic E-state index is 11.0. The minimum Gasteiger partial charge on any atom is -0.472 e. The van der Waals surface area contributed by atoms with Crippen molar-refractivity contribution in [3.63, 3.8) is 0 Å². The van der Waals surface area contributed by atoms with Gasteiger partial charge < -0.3 is 29.6 Å². The van der Waals surface area contributed by atoms with Crippen LogP contribution in [0.15, 0.2) is 23.0 Å². The Labute approximate surface area is 153 Å². The predicted octanol–water partition coefficient (Wildman–Crippen LogP) is 1.63. The Morgan fingerprint density at radius 1 is 1.19 bits per heavy atom. The van der Waals surface area contributed by atoms with Gasteiger partial charge >= 0.3 is 0 Å². The highest BCUT2D eigenvalue weighted by atomic mass is 16.6. The first-order valence-electron chi connectivity index (χ1n) is 9.55. The van der Waals surface area contributed by atoms with Gasteiger partial charge in [0.15, 0.2) is 0 Å². The highest BCUT2D eigenvalue weighted by Gasteiger charge is 2.76. The lowest BCUT2D eigenvalue weighted by Gasteiger charge is -2.64. The van der Waals surface area contributed by atoms with Crippen LogP contribution in [0, 0.1) is 22.7 Å². The third-order valence-electron chi connectivity index (χ3n) is 8.07. The lowest BCUT2D eigenvalue weighted by atomic mass is 9.42. The molecule has 0 unspecified atom stereocenters. The van der Waals surface area contributed by atoms with E-state index < -0.39 is 40.8 Å². The molecular formula is C20H30O6. The van der Waals surface area contributed by atoms with E-state index in [0.29, 0.717) is 25.0 Å². The minimum atomic E-state index is -0.793. The molecule has 4 N–H and O–H groups in total. The third kappa shape index (κ3) is 2.23. The van der Waals surface area contributed by atoms with Gasteiger partial charge in [0.2, 0.25) is 0 Å². The zero-order chi connectivity index (χ0) is 18.9. The van der Waals surface area contributed by atoms with Crippen LogP contribution in [0.2, 0.25) is 0 Å². The van der Waals surface area contributed by atoms with Gasteiger partial charge in [0.25, 0.3) is 0 Å². The number of aliphatic hydroxyl groups is 4. The SMILES string of the molecule is C[C@H]1C[C@H](O)[C@]2(C)[C@H]([C@H](O)C[C@H](O)[C@]23CO3)[C@]1(C)C[C@H](O)c1ccoc1. The van der Waals surface area contributed by atoms with Gasteiger partial charge in [0.05, 0.1) is 43.5 Å². The van der Waals surface area contributed by atoms with Crippen LogP contribution in [0.5, 0.6) is 0 Å². The molecule has 1 aromatic rings. The first-order valence-corrected chi connectivity index (χ1v) is 9.55. The topological polar surface area (TPSA) is 107 Å². The molecule has 0 radical (unpaired) electrons. The average Bonchev–Trinajstić information content (AvgIpc) is 3.19. The summed E-state index contributed by atoms with van der Waals surface area (Å²) in [7, 11) is 0. The highest BCUT2D eigenvalue weighted by Crippen LogP contribution is 2.68. The van der Waals surface area contributed by atoms with Gasteiger partial charge in [-0.25, -0.2) is 0 Å². The number of hydrogen-bond acceptors (Lipinski definition) is 6. The molecule has 2 saturated carbocycles. The molecule has 0 aromatic carbocycles. The first kappa shape index (κ1) is 18.4. The van der Waals surface area contributed by atoms with Crippen molar-refractivity contribution in [2.24, 2.45) is 22.7 Å². The van der Waals surface area contributed by atoms with Gasteiger partial charge in [-0.1, -0.05) is 20.8 Å². The zero-order valence-electron chi connectivity index (χ0n) is 15.6. The molecule has 6 nitrogen and oxygen atoms in total. The van der Waals surface area contributed by atoms with Crippen molar-refractivity contribution in [3.8, 4) is 0 Å². The summed E-state index contributed by atoms with van der Waals surface area (Å²) < 4.78 is 10.9. The number of hydrogen-bond donors (Lipinski definition) is 4. The number of furan rings is 1. The summed E-state index contributed by atoms with van der Waals surface area (Å²) in [6, 6.07) is 1.75. The Morgan fingerprint density at radius 3 is 2.46 bits per heavy atom. The van der Waals surface area contributed by atoms with Crippen molar-refractivity contribution in [1.82, 2.24) is 0 Å². The van der Waals surface area contributed by atoms with E-state index in [1.54, 1.807) is 12.3 Å². The molecule has 1 aliphatic heterocycles. The van der Waals surface area contributed by atoms with Gasteiger partial charge in [-0.05, 0) is 30.2 Å². The standard InChI is InChI=1S/C20H30O6/c1-11-6-15(23)19(3)17(13(21)7-16(24)20(19)10-26-20)18(11,2)8-14(22)12-4-5-25-9-12/h4-5,9,11,13-17,21-24H,6-8,10H2,1-3H3/t11-,13+,14-,15-,16-,17+,18+,19+,20+/m0/s1. The highest BCUT2D eigenvalue weighted by molar-refractivity contribution is 5.24. The van der Waals surface area contributed by atoms with E-state index >= 15 is 0 Å². The summed E-state index contributed by atoms with van der Waals surface area (Å²) in [5, 5.41) is 43.4. The van der Waals surface area contributed by atoms with Gasteiger partial charge in [0.1, 0.15) is 5.60 Å². The van der Waals surface area contributed by atoms with Crippen LogP contribution in [0.3, 0.4) is 0 Å². The second-order valence-electron chi connectivity index (χ2n) is 9.19.